The van der Waals surface area contributed by atoms with Crippen molar-refractivity contribution in [2.45, 2.75) is 39.2 Å². The SMILES string of the molecule is CC(C)c1c(O)n(C(C)CC(N)=O)c(=O)[nH]c1=O. The third-order valence-electron chi connectivity index (χ3n) is 2.67. The van der Waals surface area contributed by atoms with Crippen LogP contribution in [0, 0.1) is 0 Å². The molecule has 0 saturated heterocycles. The molecule has 18 heavy (non-hydrogen) atoms. The molecule has 0 saturated carbocycles. The monoisotopic (exact) mass is 255 g/mol. The van der Waals surface area contributed by atoms with Crippen LogP contribution in [0.2, 0.25) is 0 Å². The van der Waals surface area contributed by atoms with Crippen LogP contribution in [0.1, 0.15) is 44.7 Å². The van der Waals surface area contributed by atoms with Crippen LogP contribution in [0.3, 0.4) is 0 Å². The van der Waals surface area contributed by atoms with Crippen molar-refractivity contribution in [3.8, 4) is 5.88 Å². The van der Waals surface area contributed by atoms with Gasteiger partial charge in [0.15, 0.2) is 0 Å². The van der Waals surface area contributed by atoms with E-state index in [1.165, 1.54) is 0 Å². The van der Waals surface area contributed by atoms with Crippen molar-refractivity contribution in [2.24, 2.45) is 5.73 Å². The Labute approximate surface area is 103 Å². The molecule has 0 bridgehead atoms. The third-order valence-corrected chi connectivity index (χ3v) is 2.67. The number of rotatable bonds is 4. The van der Waals surface area contributed by atoms with Crippen LogP contribution >= 0.6 is 0 Å². The number of amides is 1. The van der Waals surface area contributed by atoms with Crippen LogP contribution in [0.15, 0.2) is 9.59 Å². The third kappa shape index (κ3) is 2.61. The quantitative estimate of drug-likeness (QED) is 0.690. The van der Waals surface area contributed by atoms with Gasteiger partial charge in [-0.25, -0.2) is 4.79 Å². The van der Waals surface area contributed by atoms with Gasteiger partial charge in [0.2, 0.25) is 11.8 Å². The first kappa shape index (κ1) is 14.0. The lowest BCUT2D eigenvalue weighted by Gasteiger charge is -2.17. The zero-order valence-electron chi connectivity index (χ0n) is 10.6. The predicted molar refractivity (Wildman–Crippen MR) is 65.6 cm³/mol. The lowest BCUT2D eigenvalue weighted by molar-refractivity contribution is -0.118. The van der Waals surface area contributed by atoms with Crippen molar-refractivity contribution < 1.29 is 9.90 Å². The minimum Gasteiger partial charge on any atom is -0.494 e. The summed E-state index contributed by atoms with van der Waals surface area (Å²) in [4.78, 5) is 36.2. The normalized spacial score (nSPS) is 12.7. The van der Waals surface area contributed by atoms with Gasteiger partial charge < -0.3 is 10.8 Å². The van der Waals surface area contributed by atoms with Crippen molar-refractivity contribution in [3.05, 3.63) is 26.4 Å². The average molecular weight is 255 g/mol. The summed E-state index contributed by atoms with van der Waals surface area (Å²) in [5.41, 5.74) is 3.80. The molecular formula is C11H17N3O4. The summed E-state index contributed by atoms with van der Waals surface area (Å²) in [6.45, 7) is 5.00. The Hall–Kier alpha value is -2.05. The van der Waals surface area contributed by atoms with E-state index >= 15 is 0 Å². The molecule has 7 nitrogen and oxygen atoms in total. The summed E-state index contributed by atoms with van der Waals surface area (Å²) < 4.78 is 0.974. The molecule has 1 atom stereocenters. The summed E-state index contributed by atoms with van der Waals surface area (Å²) in [7, 11) is 0. The Balaban J connectivity index is 3.45. The zero-order chi connectivity index (χ0) is 14.0. The van der Waals surface area contributed by atoms with E-state index in [0.717, 1.165) is 4.57 Å². The molecule has 1 aromatic heterocycles. The molecule has 4 N–H and O–H groups in total. The van der Waals surface area contributed by atoms with Gasteiger partial charge in [0.1, 0.15) is 0 Å². The van der Waals surface area contributed by atoms with Crippen LogP contribution < -0.4 is 17.0 Å². The molecule has 0 aliphatic rings. The molecule has 1 unspecified atom stereocenters. The number of aromatic amines is 1. The second-order valence-electron chi connectivity index (χ2n) is 4.54. The van der Waals surface area contributed by atoms with Gasteiger partial charge in [-0.2, -0.15) is 0 Å². The number of H-pyrrole nitrogens is 1. The van der Waals surface area contributed by atoms with Gasteiger partial charge >= 0.3 is 5.69 Å². The van der Waals surface area contributed by atoms with Gasteiger partial charge in [-0.1, -0.05) is 13.8 Å². The number of primary amides is 1. The Morgan fingerprint density at radius 3 is 2.39 bits per heavy atom. The highest BCUT2D eigenvalue weighted by atomic mass is 16.3. The Morgan fingerprint density at radius 1 is 1.39 bits per heavy atom. The lowest BCUT2D eigenvalue weighted by atomic mass is 10.1. The molecule has 100 valence electrons. The van der Waals surface area contributed by atoms with E-state index in [9.17, 15) is 19.5 Å². The molecular weight excluding hydrogens is 238 g/mol. The second kappa shape index (κ2) is 5.07. The first-order chi connectivity index (χ1) is 8.25. The molecule has 0 aliphatic heterocycles. The summed E-state index contributed by atoms with van der Waals surface area (Å²) in [6, 6.07) is -0.621. The molecule has 1 amide bonds. The highest BCUT2D eigenvalue weighted by molar-refractivity contribution is 5.74. The number of hydrogen-bond acceptors (Lipinski definition) is 4. The maximum absolute atomic E-state index is 11.7. The summed E-state index contributed by atoms with van der Waals surface area (Å²) in [6.07, 6.45) is -0.100. The minimum absolute atomic E-state index is 0.100. The Morgan fingerprint density at radius 2 is 1.94 bits per heavy atom. The minimum atomic E-state index is -0.754. The largest absolute Gasteiger partial charge is 0.494 e. The topological polar surface area (TPSA) is 118 Å². The number of aromatic hydroxyl groups is 1. The van der Waals surface area contributed by atoms with Crippen molar-refractivity contribution in [3.63, 3.8) is 0 Å². The fraction of sp³-hybridized carbons (Fsp3) is 0.545. The first-order valence-electron chi connectivity index (χ1n) is 5.61. The fourth-order valence-electron chi connectivity index (χ4n) is 1.86. The van der Waals surface area contributed by atoms with Gasteiger partial charge in [0.25, 0.3) is 5.56 Å². The molecule has 1 heterocycles. The molecule has 0 spiro atoms. The van der Waals surface area contributed by atoms with Crippen LogP contribution in [-0.2, 0) is 4.79 Å². The zero-order valence-corrected chi connectivity index (χ0v) is 10.6. The van der Waals surface area contributed by atoms with Crippen LogP contribution in [0.25, 0.3) is 0 Å². The van der Waals surface area contributed by atoms with E-state index in [2.05, 4.69) is 4.98 Å². The summed E-state index contributed by atoms with van der Waals surface area (Å²) >= 11 is 0. The van der Waals surface area contributed by atoms with Crippen LogP contribution in [-0.4, -0.2) is 20.6 Å². The number of hydrogen-bond donors (Lipinski definition) is 3. The van der Waals surface area contributed by atoms with Crippen molar-refractivity contribution in [1.29, 1.82) is 0 Å². The van der Waals surface area contributed by atoms with Crippen molar-refractivity contribution in [1.82, 2.24) is 9.55 Å². The van der Waals surface area contributed by atoms with Gasteiger partial charge in [-0.15, -0.1) is 0 Å². The fourth-order valence-corrected chi connectivity index (χ4v) is 1.86. The Kier molecular flexibility index (Phi) is 3.95. The van der Waals surface area contributed by atoms with Gasteiger partial charge in [-0.3, -0.25) is 19.1 Å². The van der Waals surface area contributed by atoms with E-state index in [-0.39, 0.29) is 17.9 Å². The molecule has 1 rings (SSSR count). The van der Waals surface area contributed by atoms with E-state index in [1.807, 2.05) is 0 Å². The highest BCUT2D eigenvalue weighted by Gasteiger charge is 2.20. The number of aromatic nitrogens is 2. The van der Waals surface area contributed by atoms with E-state index in [1.54, 1.807) is 20.8 Å². The van der Waals surface area contributed by atoms with E-state index in [4.69, 9.17) is 5.73 Å². The highest BCUT2D eigenvalue weighted by Crippen LogP contribution is 2.23. The van der Waals surface area contributed by atoms with Crippen LogP contribution in [0.5, 0.6) is 5.88 Å². The second-order valence-corrected chi connectivity index (χ2v) is 4.54. The van der Waals surface area contributed by atoms with Crippen molar-refractivity contribution in [2.75, 3.05) is 0 Å². The van der Waals surface area contributed by atoms with Gasteiger partial charge in [0, 0.05) is 12.5 Å². The maximum Gasteiger partial charge on any atom is 0.331 e. The molecule has 0 fully saturated rings. The number of carbonyl (C=O) groups excluding carboxylic acids is 1. The predicted octanol–water partition coefficient (Wildman–Crippen LogP) is -0.198. The average Bonchev–Trinajstić information content (AvgIpc) is 2.13. The molecule has 0 radical (unpaired) electrons. The number of nitrogens with zero attached hydrogens (tertiary/aromatic N) is 1. The Bertz CT molecular complexity index is 571. The van der Waals surface area contributed by atoms with Crippen LogP contribution in [0.4, 0.5) is 0 Å². The summed E-state index contributed by atoms with van der Waals surface area (Å²) in [5, 5.41) is 10.00. The number of nitrogens with one attached hydrogen (secondary N) is 1. The van der Waals surface area contributed by atoms with Crippen molar-refractivity contribution >= 4 is 5.91 Å². The van der Waals surface area contributed by atoms with E-state index < -0.39 is 29.1 Å². The number of carbonyl (C=O) groups is 1. The standard InChI is InChI=1S/C11H17N3O4/c1-5(2)8-9(16)13-11(18)14(10(8)17)6(3)4-7(12)15/h5-6,17H,4H2,1-3H3,(H2,12,15)(H,13,16,18). The van der Waals surface area contributed by atoms with Gasteiger partial charge in [-0.05, 0) is 12.8 Å². The molecule has 0 aliphatic carbocycles. The molecule has 7 heteroatoms. The first-order valence-corrected chi connectivity index (χ1v) is 5.61. The molecule has 0 aromatic carbocycles. The lowest BCUT2D eigenvalue weighted by Crippen LogP contribution is -2.35. The van der Waals surface area contributed by atoms with E-state index in [0.29, 0.717) is 0 Å². The summed E-state index contributed by atoms with van der Waals surface area (Å²) in [5.74, 6) is -1.25. The maximum atomic E-state index is 11.7. The smallest absolute Gasteiger partial charge is 0.331 e. The van der Waals surface area contributed by atoms with Gasteiger partial charge in [0.05, 0.1) is 5.56 Å². The molecule has 1 aromatic rings. The number of nitrogens with two attached hydrogens (primary N) is 1.